The van der Waals surface area contributed by atoms with Crippen molar-refractivity contribution in [2.45, 2.75) is 25.8 Å². The van der Waals surface area contributed by atoms with E-state index in [9.17, 15) is 4.79 Å². The molecule has 13 heavy (non-hydrogen) atoms. The molecular formula is C9H14N2O2. The summed E-state index contributed by atoms with van der Waals surface area (Å²) in [5, 5.41) is 17.5. The first-order valence-electron chi connectivity index (χ1n) is 4.51. The van der Waals surface area contributed by atoms with Gasteiger partial charge in [0.1, 0.15) is 5.92 Å². The van der Waals surface area contributed by atoms with Crippen molar-refractivity contribution >= 4 is 5.91 Å². The largest absolute Gasteiger partial charge is 0.394 e. The lowest BCUT2D eigenvalue weighted by Crippen LogP contribution is -2.40. The first-order chi connectivity index (χ1) is 6.20. The number of aliphatic hydroxyl groups excluding tert-OH is 1. The van der Waals surface area contributed by atoms with E-state index in [2.05, 4.69) is 0 Å². The number of likely N-dealkylation sites (tertiary alicyclic amines) is 1. The van der Waals surface area contributed by atoms with E-state index in [0.29, 0.717) is 6.54 Å². The highest BCUT2D eigenvalue weighted by atomic mass is 16.3. The van der Waals surface area contributed by atoms with Crippen LogP contribution in [-0.2, 0) is 4.79 Å². The van der Waals surface area contributed by atoms with Crippen LogP contribution in [0.15, 0.2) is 0 Å². The van der Waals surface area contributed by atoms with E-state index in [1.54, 1.807) is 11.8 Å². The Balaban J connectivity index is 2.61. The Kier molecular flexibility index (Phi) is 3.26. The topological polar surface area (TPSA) is 64.3 Å². The van der Waals surface area contributed by atoms with E-state index >= 15 is 0 Å². The van der Waals surface area contributed by atoms with Crippen LogP contribution in [0.4, 0.5) is 0 Å². The van der Waals surface area contributed by atoms with Crippen LogP contribution in [0.25, 0.3) is 0 Å². The number of carbonyl (C=O) groups excluding carboxylic acids is 1. The van der Waals surface area contributed by atoms with Gasteiger partial charge in [0.2, 0.25) is 5.91 Å². The Bertz CT molecular complexity index is 234. The molecule has 2 atom stereocenters. The molecule has 72 valence electrons. The Hall–Kier alpha value is -1.08. The van der Waals surface area contributed by atoms with Crippen LogP contribution in [0.3, 0.4) is 0 Å². The molecule has 0 radical (unpaired) electrons. The van der Waals surface area contributed by atoms with Gasteiger partial charge < -0.3 is 10.0 Å². The molecule has 1 aliphatic rings. The highest BCUT2D eigenvalue weighted by Crippen LogP contribution is 2.18. The van der Waals surface area contributed by atoms with E-state index in [4.69, 9.17) is 10.4 Å². The van der Waals surface area contributed by atoms with Crippen molar-refractivity contribution in [3.63, 3.8) is 0 Å². The molecule has 1 fully saturated rings. The Labute approximate surface area is 77.8 Å². The first-order valence-corrected chi connectivity index (χ1v) is 4.51. The van der Waals surface area contributed by atoms with Crippen LogP contribution in [-0.4, -0.2) is 35.1 Å². The van der Waals surface area contributed by atoms with Crippen LogP contribution < -0.4 is 0 Å². The molecule has 1 heterocycles. The van der Waals surface area contributed by atoms with Crippen LogP contribution in [0.2, 0.25) is 0 Å². The van der Waals surface area contributed by atoms with E-state index in [1.807, 2.05) is 6.07 Å². The number of nitrogens with zero attached hydrogens (tertiary/aromatic N) is 2. The van der Waals surface area contributed by atoms with Crippen molar-refractivity contribution in [3.8, 4) is 6.07 Å². The van der Waals surface area contributed by atoms with Gasteiger partial charge >= 0.3 is 0 Å². The van der Waals surface area contributed by atoms with Gasteiger partial charge in [-0.3, -0.25) is 4.79 Å². The van der Waals surface area contributed by atoms with Crippen molar-refractivity contribution in [1.82, 2.24) is 4.90 Å². The highest BCUT2D eigenvalue weighted by Gasteiger charge is 2.30. The monoisotopic (exact) mass is 182 g/mol. The third-order valence-corrected chi connectivity index (χ3v) is 2.44. The van der Waals surface area contributed by atoms with Crippen molar-refractivity contribution in [3.05, 3.63) is 0 Å². The molecule has 4 heteroatoms. The zero-order chi connectivity index (χ0) is 9.84. The minimum atomic E-state index is -0.591. The van der Waals surface area contributed by atoms with E-state index in [-0.39, 0.29) is 18.6 Å². The Morgan fingerprint density at radius 2 is 2.54 bits per heavy atom. The maximum absolute atomic E-state index is 11.5. The molecule has 1 N–H and O–H groups in total. The van der Waals surface area contributed by atoms with Gasteiger partial charge in [0.15, 0.2) is 0 Å². The van der Waals surface area contributed by atoms with Crippen molar-refractivity contribution in [1.29, 1.82) is 5.26 Å². The molecule has 0 aromatic rings. The number of hydrogen-bond donors (Lipinski definition) is 1. The van der Waals surface area contributed by atoms with Gasteiger partial charge in [-0.05, 0) is 19.8 Å². The smallest absolute Gasteiger partial charge is 0.239 e. The number of aliphatic hydroxyl groups is 1. The summed E-state index contributed by atoms with van der Waals surface area (Å²) in [6, 6.07) is 1.85. The van der Waals surface area contributed by atoms with Gasteiger partial charge in [0, 0.05) is 6.54 Å². The summed E-state index contributed by atoms with van der Waals surface area (Å²) in [5.41, 5.74) is 0. The van der Waals surface area contributed by atoms with E-state index in [0.717, 1.165) is 12.8 Å². The summed E-state index contributed by atoms with van der Waals surface area (Å²) in [7, 11) is 0. The highest BCUT2D eigenvalue weighted by molar-refractivity contribution is 5.81. The summed E-state index contributed by atoms with van der Waals surface area (Å²) >= 11 is 0. The lowest BCUT2D eigenvalue weighted by atomic mass is 10.1. The predicted molar refractivity (Wildman–Crippen MR) is 46.6 cm³/mol. The number of hydrogen-bond acceptors (Lipinski definition) is 3. The van der Waals surface area contributed by atoms with Crippen molar-refractivity contribution < 1.29 is 9.90 Å². The van der Waals surface area contributed by atoms with Gasteiger partial charge in [-0.15, -0.1) is 0 Å². The first kappa shape index (κ1) is 10.0. The second kappa shape index (κ2) is 4.24. The Morgan fingerprint density at radius 1 is 1.85 bits per heavy atom. The molecule has 0 aromatic heterocycles. The van der Waals surface area contributed by atoms with Gasteiger partial charge in [0.05, 0.1) is 18.7 Å². The van der Waals surface area contributed by atoms with Crippen molar-refractivity contribution in [2.75, 3.05) is 13.2 Å². The van der Waals surface area contributed by atoms with Gasteiger partial charge in [0.25, 0.3) is 0 Å². The quantitative estimate of drug-likeness (QED) is 0.660. The maximum Gasteiger partial charge on any atom is 0.239 e. The van der Waals surface area contributed by atoms with Crippen LogP contribution in [0.5, 0.6) is 0 Å². The number of carbonyl (C=O) groups is 1. The van der Waals surface area contributed by atoms with E-state index < -0.39 is 5.92 Å². The molecule has 0 aliphatic carbocycles. The fraction of sp³-hybridized carbons (Fsp3) is 0.778. The number of nitriles is 1. The summed E-state index contributed by atoms with van der Waals surface area (Å²) in [4.78, 5) is 13.2. The average Bonchev–Trinajstić information content (AvgIpc) is 2.62. The molecule has 1 saturated heterocycles. The third kappa shape index (κ3) is 1.99. The maximum atomic E-state index is 11.5. The Morgan fingerprint density at radius 3 is 3.08 bits per heavy atom. The van der Waals surface area contributed by atoms with Gasteiger partial charge in [-0.1, -0.05) is 0 Å². The fourth-order valence-corrected chi connectivity index (χ4v) is 1.62. The predicted octanol–water partition coefficient (Wildman–Crippen LogP) is 0.129. The number of rotatable bonds is 2. The normalized spacial score (nSPS) is 24.1. The van der Waals surface area contributed by atoms with E-state index in [1.165, 1.54) is 0 Å². The molecule has 1 rings (SSSR count). The zero-order valence-corrected chi connectivity index (χ0v) is 7.73. The minimum Gasteiger partial charge on any atom is -0.394 e. The second-order valence-corrected chi connectivity index (χ2v) is 3.36. The van der Waals surface area contributed by atoms with Crippen LogP contribution >= 0.6 is 0 Å². The lowest BCUT2D eigenvalue weighted by Gasteiger charge is -2.23. The molecule has 0 spiro atoms. The van der Waals surface area contributed by atoms with Crippen molar-refractivity contribution in [2.24, 2.45) is 5.92 Å². The molecule has 1 amide bonds. The van der Waals surface area contributed by atoms with Crippen LogP contribution in [0, 0.1) is 17.2 Å². The second-order valence-electron chi connectivity index (χ2n) is 3.36. The molecule has 1 aliphatic heterocycles. The fourth-order valence-electron chi connectivity index (χ4n) is 1.62. The molecule has 4 nitrogen and oxygen atoms in total. The number of amides is 1. The standard InChI is InChI=1S/C9H14N2O2/c1-7(5-10)9(13)11-4-2-3-8(11)6-12/h7-8,12H,2-4,6H2,1H3/t7?,8-/m1/s1. The van der Waals surface area contributed by atoms with Gasteiger partial charge in [-0.2, -0.15) is 5.26 Å². The van der Waals surface area contributed by atoms with Crippen LogP contribution in [0.1, 0.15) is 19.8 Å². The lowest BCUT2D eigenvalue weighted by molar-refractivity contribution is -0.134. The van der Waals surface area contributed by atoms with Gasteiger partial charge in [-0.25, -0.2) is 0 Å². The third-order valence-electron chi connectivity index (χ3n) is 2.44. The molecule has 1 unspecified atom stereocenters. The summed E-state index contributed by atoms with van der Waals surface area (Å²) in [6.45, 7) is 2.27. The minimum absolute atomic E-state index is 0.00386. The molecule has 0 bridgehead atoms. The zero-order valence-electron chi connectivity index (χ0n) is 7.73. The SMILES string of the molecule is CC(C#N)C(=O)N1CCC[C@@H]1CO. The molecule has 0 saturated carbocycles. The summed E-state index contributed by atoms with van der Waals surface area (Å²) < 4.78 is 0. The summed E-state index contributed by atoms with van der Waals surface area (Å²) in [6.07, 6.45) is 1.77. The molecular weight excluding hydrogens is 168 g/mol. The molecule has 0 aromatic carbocycles. The summed E-state index contributed by atoms with van der Waals surface area (Å²) in [5.74, 6) is -0.744. The average molecular weight is 182 g/mol.